The molecule has 2 aliphatic heterocycles. The van der Waals surface area contributed by atoms with Crippen LogP contribution in [0.3, 0.4) is 0 Å². The number of likely N-dealkylation sites (tertiary alicyclic amines) is 2. The molecular weight excluding hydrogens is 525 g/mol. The fourth-order valence-electron chi connectivity index (χ4n) is 4.82. The minimum absolute atomic E-state index is 0.000212. The summed E-state index contributed by atoms with van der Waals surface area (Å²) in [6, 6.07) is 1.04. The van der Waals surface area contributed by atoms with Gasteiger partial charge in [-0.25, -0.2) is 9.50 Å². The Labute approximate surface area is 219 Å². The van der Waals surface area contributed by atoms with Gasteiger partial charge in [-0.05, 0) is 33.1 Å². The first-order valence-corrected chi connectivity index (χ1v) is 13.0. The Bertz CT molecular complexity index is 1400. The zero-order valence-corrected chi connectivity index (χ0v) is 21.5. The summed E-state index contributed by atoms with van der Waals surface area (Å²) >= 11 is 1.36. The first-order valence-electron chi connectivity index (χ1n) is 12.1. The topological polar surface area (TPSA) is 126 Å². The lowest BCUT2D eigenvalue weighted by Gasteiger charge is -2.31. The van der Waals surface area contributed by atoms with Crippen molar-refractivity contribution in [3.05, 3.63) is 39.2 Å². The van der Waals surface area contributed by atoms with Crippen LogP contribution in [0.4, 0.5) is 13.2 Å². The van der Waals surface area contributed by atoms with Gasteiger partial charge >= 0.3 is 12.1 Å². The Morgan fingerprint density at radius 2 is 1.74 bits per heavy atom. The van der Waals surface area contributed by atoms with E-state index in [0.29, 0.717) is 37.3 Å². The number of thiazole rings is 1. The molecule has 0 aliphatic carbocycles. The lowest BCUT2D eigenvalue weighted by atomic mass is 9.97. The average Bonchev–Trinajstić information content (AvgIpc) is 3.63. The molecule has 0 bridgehead atoms. The number of halogens is 3. The standard InChI is InChI=1S/C23H25F3N8O3S/c1-12-9-17-29-30-18(13(2)34(17)31-12)21(36)32-6-3-14(4-7-32)19-28-16(11-38-19)20(35)33-8-5-15(10-33)27-22(37)23(24,25)26/h9,11,14-15H,3-8,10H2,1-2H3,(H,27,37). The number of alkyl halides is 3. The maximum Gasteiger partial charge on any atom is 0.471 e. The molecular formula is C23H25F3N8O3S. The van der Waals surface area contributed by atoms with Crippen LogP contribution in [0.1, 0.15) is 62.6 Å². The molecule has 5 rings (SSSR count). The molecule has 15 heteroatoms. The highest BCUT2D eigenvalue weighted by atomic mass is 32.1. The predicted octanol–water partition coefficient (Wildman–Crippen LogP) is 2.11. The van der Waals surface area contributed by atoms with Crippen molar-refractivity contribution in [3.63, 3.8) is 0 Å². The maximum absolute atomic E-state index is 13.1. The summed E-state index contributed by atoms with van der Waals surface area (Å²) in [5.74, 6) is -2.51. The van der Waals surface area contributed by atoms with Gasteiger partial charge in [0, 0.05) is 49.6 Å². The van der Waals surface area contributed by atoms with Crippen LogP contribution in [0.5, 0.6) is 0 Å². The first kappa shape index (κ1) is 26.0. The number of hydrogen-bond acceptors (Lipinski definition) is 8. The highest BCUT2D eigenvalue weighted by molar-refractivity contribution is 7.09. The molecule has 2 fully saturated rings. The number of fused-ring (bicyclic) bond motifs is 1. The fourth-order valence-corrected chi connectivity index (χ4v) is 5.78. The van der Waals surface area contributed by atoms with Crippen LogP contribution in [0.2, 0.25) is 0 Å². The van der Waals surface area contributed by atoms with Crippen LogP contribution in [0, 0.1) is 13.8 Å². The van der Waals surface area contributed by atoms with Crippen molar-refractivity contribution in [3.8, 4) is 0 Å². The molecule has 1 atom stereocenters. The molecule has 3 aromatic heterocycles. The van der Waals surface area contributed by atoms with E-state index >= 15 is 0 Å². The summed E-state index contributed by atoms with van der Waals surface area (Å²) in [5.41, 5.74) is 2.49. The minimum Gasteiger partial charge on any atom is -0.344 e. The van der Waals surface area contributed by atoms with Crippen LogP contribution < -0.4 is 5.32 Å². The number of hydrogen-bond donors (Lipinski definition) is 1. The van der Waals surface area contributed by atoms with E-state index in [1.54, 1.807) is 27.8 Å². The third kappa shape index (κ3) is 5.06. The summed E-state index contributed by atoms with van der Waals surface area (Å²) in [6.07, 6.45) is -3.39. The second-order valence-electron chi connectivity index (χ2n) is 9.54. The zero-order valence-electron chi connectivity index (χ0n) is 20.7. The Balaban J connectivity index is 1.17. The van der Waals surface area contributed by atoms with Crippen molar-refractivity contribution in [2.75, 3.05) is 26.2 Å². The van der Waals surface area contributed by atoms with Crippen LogP contribution in [-0.2, 0) is 4.79 Å². The third-order valence-electron chi connectivity index (χ3n) is 6.87. The van der Waals surface area contributed by atoms with Gasteiger partial charge in [0.25, 0.3) is 11.8 Å². The molecule has 11 nitrogen and oxygen atoms in total. The largest absolute Gasteiger partial charge is 0.471 e. The van der Waals surface area contributed by atoms with Crippen molar-refractivity contribution >= 4 is 34.7 Å². The van der Waals surface area contributed by atoms with Gasteiger partial charge in [0.1, 0.15) is 5.69 Å². The van der Waals surface area contributed by atoms with Crippen molar-refractivity contribution < 1.29 is 27.6 Å². The van der Waals surface area contributed by atoms with Gasteiger partial charge in [0.15, 0.2) is 11.3 Å². The number of amides is 3. The van der Waals surface area contributed by atoms with E-state index in [4.69, 9.17) is 0 Å². The smallest absolute Gasteiger partial charge is 0.344 e. The van der Waals surface area contributed by atoms with E-state index in [0.717, 1.165) is 10.7 Å². The number of nitrogens with one attached hydrogen (secondary N) is 1. The molecule has 0 spiro atoms. The third-order valence-corrected chi connectivity index (χ3v) is 7.88. The number of nitrogens with zero attached hydrogens (tertiary/aromatic N) is 7. The summed E-state index contributed by atoms with van der Waals surface area (Å²) in [6.45, 7) is 4.86. The number of carbonyl (C=O) groups is 3. The molecule has 0 radical (unpaired) electrons. The number of piperidine rings is 1. The van der Waals surface area contributed by atoms with Crippen LogP contribution in [0.25, 0.3) is 5.65 Å². The number of aromatic nitrogens is 5. The Morgan fingerprint density at radius 3 is 2.45 bits per heavy atom. The van der Waals surface area contributed by atoms with Gasteiger partial charge in [-0.1, -0.05) is 0 Å². The highest BCUT2D eigenvalue weighted by Crippen LogP contribution is 2.31. The van der Waals surface area contributed by atoms with Crippen LogP contribution in [-0.4, -0.2) is 90.7 Å². The molecule has 38 heavy (non-hydrogen) atoms. The fraction of sp³-hybridized carbons (Fsp3) is 0.522. The van der Waals surface area contributed by atoms with E-state index < -0.39 is 18.1 Å². The molecule has 2 saturated heterocycles. The molecule has 3 aromatic rings. The van der Waals surface area contributed by atoms with Gasteiger partial charge in [-0.15, -0.1) is 21.5 Å². The monoisotopic (exact) mass is 550 g/mol. The SMILES string of the molecule is Cc1cc2nnc(C(=O)N3CCC(c4nc(C(=O)N5CCC(NC(=O)C(F)(F)F)C5)cs4)CC3)c(C)n2n1. The molecule has 1 N–H and O–H groups in total. The summed E-state index contributed by atoms with van der Waals surface area (Å²) in [7, 11) is 0. The number of rotatable bonds is 4. The number of aryl methyl sites for hydroxylation is 2. The molecule has 1 unspecified atom stereocenters. The molecule has 0 aromatic carbocycles. The van der Waals surface area contributed by atoms with Gasteiger partial charge in [0.05, 0.1) is 16.4 Å². The second-order valence-corrected chi connectivity index (χ2v) is 10.4. The van der Waals surface area contributed by atoms with Gasteiger partial charge in [-0.2, -0.15) is 18.3 Å². The zero-order chi connectivity index (χ0) is 27.2. The lowest BCUT2D eigenvalue weighted by Crippen LogP contribution is -2.44. The minimum atomic E-state index is -4.96. The highest BCUT2D eigenvalue weighted by Gasteiger charge is 2.41. The van der Waals surface area contributed by atoms with E-state index in [9.17, 15) is 27.6 Å². The van der Waals surface area contributed by atoms with E-state index in [2.05, 4.69) is 20.3 Å². The lowest BCUT2D eigenvalue weighted by molar-refractivity contribution is -0.174. The Hall–Kier alpha value is -3.62. The van der Waals surface area contributed by atoms with E-state index in [-0.39, 0.29) is 48.6 Å². The quantitative estimate of drug-likeness (QED) is 0.527. The summed E-state index contributed by atoms with van der Waals surface area (Å²) < 4.78 is 39.1. The number of carbonyl (C=O) groups excluding carboxylic acids is 3. The maximum atomic E-state index is 13.1. The molecule has 0 saturated carbocycles. The second kappa shape index (κ2) is 9.93. The molecule has 5 heterocycles. The van der Waals surface area contributed by atoms with E-state index in [1.165, 1.54) is 16.2 Å². The predicted molar refractivity (Wildman–Crippen MR) is 129 cm³/mol. The van der Waals surface area contributed by atoms with Gasteiger partial charge in [0.2, 0.25) is 0 Å². The van der Waals surface area contributed by atoms with Gasteiger partial charge in [-0.3, -0.25) is 14.4 Å². The normalized spacial score (nSPS) is 18.8. The van der Waals surface area contributed by atoms with Crippen molar-refractivity contribution in [1.82, 2.24) is 39.9 Å². The van der Waals surface area contributed by atoms with E-state index in [1.807, 2.05) is 12.2 Å². The van der Waals surface area contributed by atoms with Crippen molar-refractivity contribution in [1.29, 1.82) is 0 Å². The molecule has 3 amide bonds. The molecule has 2 aliphatic rings. The Kier molecular flexibility index (Phi) is 6.79. The first-order chi connectivity index (χ1) is 18.0. The van der Waals surface area contributed by atoms with Gasteiger partial charge < -0.3 is 15.1 Å². The van der Waals surface area contributed by atoms with Crippen LogP contribution in [0.15, 0.2) is 11.4 Å². The summed E-state index contributed by atoms with van der Waals surface area (Å²) in [5, 5.41) is 17.0. The summed E-state index contributed by atoms with van der Waals surface area (Å²) in [4.78, 5) is 44.8. The molecule has 202 valence electrons. The van der Waals surface area contributed by atoms with Crippen molar-refractivity contribution in [2.45, 2.75) is 51.2 Å². The van der Waals surface area contributed by atoms with Crippen molar-refractivity contribution in [2.24, 2.45) is 0 Å². The Morgan fingerprint density at radius 1 is 1.03 bits per heavy atom. The average molecular weight is 551 g/mol. The van der Waals surface area contributed by atoms with Crippen LogP contribution >= 0.6 is 11.3 Å².